The van der Waals surface area contributed by atoms with Gasteiger partial charge in [0.1, 0.15) is 5.75 Å². The zero-order valence-corrected chi connectivity index (χ0v) is 19.5. The number of rotatable bonds is 8. The zero-order valence-electron chi connectivity index (χ0n) is 17.1. The highest BCUT2D eigenvalue weighted by Gasteiger charge is 2.32. The van der Waals surface area contributed by atoms with Gasteiger partial charge in [-0.15, -0.1) is 10.2 Å². The molecular formula is C22H22Cl2N4O2S. The molecule has 9 heteroatoms. The fraction of sp³-hybridized carbons (Fsp3) is 0.318. The monoisotopic (exact) mass is 476 g/mol. The van der Waals surface area contributed by atoms with E-state index in [0.29, 0.717) is 32.5 Å². The second-order valence-corrected chi connectivity index (χ2v) is 9.20. The molecule has 1 atom stereocenters. The molecule has 31 heavy (non-hydrogen) atoms. The summed E-state index contributed by atoms with van der Waals surface area (Å²) in [6, 6.07) is 12.8. The van der Waals surface area contributed by atoms with Crippen LogP contribution in [0.25, 0.3) is 5.69 Å². The maximum Gasteiger partial charge on any atom is 0.223 e. The molecule has 0 aliphatic heterocycles. The molecule has 2 aromatic carbocycles. The first kappa shape index (κ1) is 22.0. The van der Waals surface area contributed by atoms with Crippen LogP contribution in [-0.2, 0) is 10.5 Å². The van der Waals surface area contributed by atoms with Crippen LogP contribution in [0, 0.1) is 5.92 Å². The van der Waals surface area contributed by atoms with Gasteiger partial charge < -0.3 is 10.1 Å². The Labute approximate surface area is 195 Å². The van der Waals surface area contributed by atoms with Gasteiger partial charge in [0.05, 0.1) is 23.9 Å². The number of carbonyl (C=O) groups is 1. The van der Waals surface area contributed by atoms with Gasteiger partial charge in [0.2, 0.25) is 5.91 Å². The van der Waals surface area contributed by atoms with E-state index in [1.165, 1.54) is 11.8 Å². The maximum atomic E-state index is 12.3. The minimum Gasteiger partial charge on any atom is -0.497 e. The number of ether oxygens (including phenoxy) is 1. The molecule has 1 aliphatic rings. The lowest BCUT2D eigenvalue weighted by molar-refractivity contribution is -0.123. The predicted octanol–water partition coefficient (Wildman–Crippen LogP) is 5.46. The van der Waals surface area contributed by atoms with Gasteiger partial charge >= 0.3 is 0 Å². The molecule has 0 bridgehead atoms. The molecule has 1 aromatic heterocycles. The van der Waals surface area contributed by atoms with E-state index in [1.807, 2.05) is 35.8 Å². The van der Waals surface area contributed by atoms with Crippen molar-refractivity contribution in [2.24, 2.45) is 5.92 Å². The highest BCUT2D eigenvalue weighted by atomic mass is 35.5. The van der Waals surface area contributed by atoms with Gasteiger partial charge in [0, 0.05) is 16.7 Å². The number of nitrogens with one attached hydrogen (secondary N) is 1. The van der Waals surface area contributed by atoms with Crippen LogP contribution in [0.15, 0.2) is 47.6 Å². The molecule has 3 aromatic rings. The molecule has 1 heterocycles. The van der Waals surface area contributed by atoms with Gasteiger partial charge in [-0.05, 0) is 55.7 Å². The van der Waals surface area contributed by atoms with Crippen molar-refractivity contribution in [3.63, 3.8) is 0 Å². The molecule has 4 rings (SSSR count). The molecule has 162 valence electrons. The zero-order chi connectivity index (χ0) is 22.0. The number of amides is 1. The van der Waals surface area contributed by atoms with Crippen molar-refractivity contribution in [1.29, 1.82) is 0 Å². The summed E-state index contributed by atoms with van der Waals surface area (Å²) in [6.07, 6.45) is 1.88. The van der Waals surface area contributed by atoms with Crippen molar-refractivity contribution >= 4 is 40.9 Å². The Morgan fingerprint density at radius 2 is 2.06 bits per heavy atom. The Hall–Kier alpha value is -2.22. The van der Waals surface area contributed by atoms with Crippen LogP contribution in [-0.4, -0.2) is 27.8 Å². The van der Waals surface area contributed by atoms with E-state index >= 15 is 0 Å². The summed E-state index contributed by atoms with van der Waals surface area (Å²) in [5.41, 5.74) is 1.77. The van der Waals surface area contributed by atoms with Crippen molar-refractivity contribution < 1.29 is 9.53 Å². The molecule has 0 saturated heterocycles. The summed E-state index contributed by atoms with van der Waals surface area (Å²) >= 11 is 14.3. The van der Waals surface area contributed by atoms with Crippen molar-refractivity contribution in [2.75, 3.05) is 7.11 Å². The Morgan fingerprint density at radius 1 is 1.26 bits per heavy atom. The van der Waals surface area contributed by atoms with Gasteiger partial charge in [-0.1, -0.05) is 47.1 Å². The lowest BCUT2D eigenvalue weighted by atomic mass is 10.2. The number of benzene rings is 2. The number of halogens is 2. The first-order chi connectivity index (χ1) is 15.0. The fourth-order valence-corrected chi connectivity index (χ4v) is 4.45. The Balaban J connectivity index is 1.66. The highest BCUT2D eigenvalue weighted by molar-refractivity contribution is 7.98. The van der Waals surface area contributed by atoms with Crippen LogP contribution in [0.5, 0.6) is 5.75 Å². The molecule has 1 aliphatic carbocycles. The van der Waals surface area contributed by atoms with E-state index in [-0.39, 0.29) is 17.9 Å². The Morgan fingerprint density at radius 3 is 2.81 bits per heavy atom. The third kappa shape index (κ3) is 5.17. The predicted molar refractivity (Wildman–Crippen MR) is 123 cm³/mol. The lowest BCUT2D eigenvalue weighted by Gasteiger charge is -2.17. The Kier molecular flexibility index (Phi) is 6.74. The van der Waals surface area contributed by atoms with Gasteiger partial charge in [-0.2, -0.15) is 0 Å². The van der Waals surface area contributed by atoms with Gasteiger partial charge in [-0.3, -0.25) is 9.36 Å². The summed E-state index contributed by atoms with van der Waals surface area (Å²) in [7, 11) is 1.65. The second-order valence-electron chi connectivity index (χ2n) is 7.42. The molecule has 0 radical (unpaired) electrons. The first-order valence-corrected chi connectivity index (χ1v) is 11.7. The largest absolute Gasteiger partial charge is 0.497 e. The van der Waals surface area contributed by atoms with Crippen molar-refractivity contribution in [1.82, 2.24) is 20.1 Å². The van der Waals surface area contributed by atoms with E-state index in [1.54, 1.807) is 25.3 Å². The van der Waals surface area contributed by atoms with E-state index in [2.05, 4.69) is 15.5 Å². The van der Waals surface area contributed by atoms with E-state index < -0.39 is 0 Å². The summed E-state index contributed by atoms with van der Waals surface area (Å²) in [5.74, 6) is 2.22. The average molecular weight is 477 g/mol. The molecule has 6 nitrogen and oxygen atoms in total. The van der Waals surface area contributed by atoms with Crippen LogP contribution in [0.3, 0.4) is 0 Å². The van der Waals surface area contributed by atoms with Gasteiger partial charge in [0.15, 0.2) is 11.0 Å². The van der Waals surface area contributed by atoms with Crippen LogP contribution < -0.4 is 10.1 Å². The molecule has 0 spiro atoms. The number of hydrogen-bond donors (Lipinski definition) is 1. The second kappa shape index (κ2) is 9.51. The van der Waals surface area contributed by atoms with Gasteiger partial charge in [0.25, 0.3) is 0 Å². The van der Waals surface area contributed by atoms with Crippen molar-refractivity contribution in [2.45, 2.75) is 36.7 Å². The van der Waals surface area contributed by atoms with Crippen LogP contribution >= 0.6 is 35.0 Å². The quantitative estimate of drug-likeness (QED) is 0.437. The Bertz CT molecular complexity index is 1100. The molecule has 1 saturated carbocycles. The molecule has 1 fully saturated rings. The molecule has 1 N–H and O–H groups in total. The average Bonchev–Trinajstić information content (AvgIpc) is 3.54. The van der Waals surface area contributed by atoms with Gasteiger partial charge in [-0.25, -0.2) is 0 Å². The third-order valence-electron chi connectivity index (χ3n) is 5.00. The van der Waals surface area contributed by atoms with E-state index in [0.717, 1.165) is 24.2 Å². The summed E-state index contributed by atoms with van der Waals surface area (Å²) in [5, 5.41) is 13.6. The number of thioether (sulfide) groups is 1. The summed E-state index contributed by atoms with van der Waals surface area (Å²) in [4.78, 5) is 12.3. The van der Waals surface area contributed by atoms with Crippen LogP contribution in [0.4, 0.5) is 0 Å². The number of aromatic nitrogens is 3. The maximum absolute atomic E-state index is 12.3. The molecular weight excluding hydrogens is 455 g/mol. The summed E-state index contributed by atoms with van der Waals surface area (Å²) in [6.45, 7) is 1.90. The van der Waals surface area contributed by atoms with E-state index in [9.17, 15) is 4.79 Å². The van der Waals surface area contributed by atoms with Crippen molar-refractivity contribution in [3.8, 4) is 11.4 Å². The third-order valence-corrected chi connectivity index (χ3v) is 6.56. The SMILES string of the molecule is COc1cccc(CSc2nnc(C(C)NC(=O)C3CC3)n2-c2cc(Cl)ccc2Cl)c1. The normalized spacial score (nSPS) is 14.3. The number of nitrogens with zero attached hydrogens (tertiary/aromatic N) is 3. The topological polar surface area (TPSA) is 69.0 Å². The molecule has 1 unspecified atom stereocenters. The fourth-order valence-electron chi connectivity index (χ4n) is 3.19. The highest BCUT2D eigenvalue weighted by Crippen LogP contribution is 2.34. The number of carbonyl (C=O) groups excluding carboxylic acids is 1. The van der Waals surface area contributed by atoms with Crippen LogP contribution in [0.2, 0.25) is 10.0 Å². The standard InChI is InChI=1S/C22H22Cl2N4O2S/c1-13(25-21(29)15-6-7-15)20-26-27-22(28(20)19-11-16(23)8-9-18(19)24)31-12-14-4-3-5-17(10-14)30-2/h3-5,8-11,13,15H,6-7,12H2,1-2H3,(H,25,29). The number of hydrogen-bond acceptors (Lipinski definition) is 5. The lowest BCUT2D eigenvalue weighted by Crippen LogP contribution is -2.29. The first-order valence-electron chi connectivity index (χ1n) is 9.93. The van der Waals surface area contributed by atoms with Crippen molar-refractivity contribution in [3.05, 3.63) is 63.9 Å². The minimum absolute atomic E-state index is 0.0461. The smallest absolute Gasteiger partial charge is 0.223 e. The molecule has 1 amide bonds. The number of methoxy groups -OCH3 is 1. The van der Waals surface area contributed by atoms with E-state index in [4.69, 9.17) is 27.9 Å². The van der Waals surface area contributed by atoms with Crippen LogP contribution in [0.1, 0.15) is 37.2 Å². The summed E-state index contributed by atoms with van der Waals surface area (Å²) < 4.78 is 7.18. The minimum atomic E-state index is -0.332.